The van der Waals surface area contributed by atoms with E-state index in [2.05, 4.69) is 37.6 Å². The van der Waals surface area contributed by atoms with E-state index in [0.717, 1.165) is 15.8 Å². The number of nitrogens with zero attached hydrogens (tertiary/aromatic N) is 1. The Bertz CT molecular complexity index is 862. The molecular formula is C19H16BrN3O. The van der Waals surface area contributed by atoms with Crippen molar-refractivity contribution in [3.63, 3.8) is 0 Å². The number of carbonyl (C=O) groups excluding carboxylic acids is 1. The predicted molar refractivity (Wildman–Crippen MR) is 101 cm³/mol. The van der Waals surface area contributed by atoms with Crippen molar-refractivity contribution in [1.82, 2.24) is 4.98 Å². The fourth-order valence-corrected chi connectivity index (χ4v) is 2.73. The van der Waals surface area contributed by atoms with Crippen molar-refractivity contribution in [2.75, 3.05) is 10.6 Å². The van der Waals surface area contributed by atoms with E-state index in [1.54, 1.807) is 18.3 Å². The third-order valence-corrected chi connectivity index (χ3v) is 4.12. The second-order valence-electron chi connectivity index (χ2n) is 5.36. The topological polar surface area (TPSA) is 54.0 Å². The van der Waals surface area contributed by atoms with Crippen LogP contribution in [0, 0.1) is 6.92 Å². The van der Waals surface area contributed by atoms with E-state index >= 15 is 0 Å². The summed E-state index contributed by atoms with van der Waals surface area (Å²) in [5, 5.41) is 6.07. The zero-order valence-corrected chi connectivity index (χ0v) is 14.7. The highest BCUT2D eigenvalue weighted by molar-refractivity contribution is 9.10. The number of carbonyl (C=O) groups is 1. The number of amides is 1. The smallest absolute Gasteiger partial charge is 0.257 e. The maximum atomic E-state index is 12.3. The zero-order chi connectivity index (χ0) is 16.9. The Morgan fingerprint density at radius 1 is 1.00 bits per heavy atom. The molecule has 0 saturated heterocycles. The summed E-state index contributed by atoms with van der Waals surface area (Å²) in [7, 11) is 0. The lowest BCUT2D eigenvalue weighted by Crippen LogP contribution is -2.13. The number of nitrogens with one attached hydrogen (secondary N) is 2. The van der Waals surface area contributed by atoms with Crippen LogP contribution in [0.25, 0.3) is 0 Å². The first kappa shape index (κ1) is 16.2. The summed E-state index contributed by atoms with van der Waals surface area (Å²) in [6.45, 7) is 2.05. The quantitative estimate of drug-likeness (QED) is 0.656. The van der Waals surface area contributed by atoms with Crippen LogP contribution in [-0.2, 0) is 0 Å². The van der Waals surface area contributed by atoms with Crippen LogP contribution < -0.4 is 10.6 Å². The average molecular weight is 382 g/mol. The van der Waals surface area contributed by atoms with E-state index in [0.29, 0.717) is 11.4 Å². The molecule has 0 radical (unpaired) electrons. The van der Waals surface area contributed by atoms with Crippen molar-refractivity contribution in [3.05, 3.63) is 82.5 Å². The minimum absolute atomic E-state index is 0.200. The van der Waals surface area contributed by atoms with Gasteiger partial charge in [-0.3, -0.25) is 4.79 Å². The first-order valence-corrected chi connectivity index (χ1v) is 8.27. The standard InChI is InChI=1S/C19H16BrN3O/c1-13-5-4-6-14(11-13)22-15-9-10-18(21-12-15)23-19(24)16-7-2-3-8-17(16)20/h2-12,22H,1H3,(H,21,23,24). The average Bonchev–Trinajstić information content (AvgIpc) is 2.57. The SMILES string of the molecule is Cc1cccc(Nc2ccc(NC(=O)c3ccccc3Br)nc2)c1. The predicted octanol–water partition coefficient (Wildman–Crippen LogP) is 5.15. The fraction of sp³-hybridized carbons (Fsp3) is 0.0526. The second-order valence-corrected chi connectivity index (χ2v) is 6.21. The molecule has 1 aromatic heterocycles. The van der Waals surface area contributed by atoms with Gasteiger partial charge in [-0.05, 0) is 64.8 Å². The van der Waals surface area contributed by atoms with Crippen LogP contribution in [0.2, 0.25) is 0 Å². The van der Waals surface area contributed by atoms with Crippen molar-refractivity contribution >= 4 is 39.0 Å². The maximum Gasteiger partial charge on any atom is 0.257 e. The number of aryl methyl sites for hydroxylation is 1. The van der Waals surface area contributed by atoms with Crippen LogP contribution in [0.1, 0.15) is 15.9 Å². The maximum absolute atomic E-state index is 12.3. The van der Waals surface area contributed by atoms with Crippen molar-refractivity contribution < 1.29 is 4.79 Å². The van der Waals surface area contributed by atoms with E-state index in [1.807, 2.05) is 49.4 Å². The third-order valence-electron chi connectivity index (χ3n) is 3.43. The number of benzene rings is 2. The molecule has 1 heterocycles. The Kier molecular flexibility index (Phi) is 4.91. The normalized spacial score (nSPS) is 10.2. The molecule has 120 valence electrons. The Hall–Kier alpha value is -2.66. The van der Waals surface area contributed by atoms with Crippen LogP contribution in [-0.4, -0.2) is 10.9 Å². The van der Waals surface area contributed by atoms with Gasteiger partial charge in [-0.1, -0.05) is 24.3 Å². The van der Waals surface area contributed by atoms with E-state index in [4.69, 9.17) is 0 Å². The molecule has 0 unspecified atom stereocenters. The first-order chi connectivity index (χ1) is 11.6. The van der Waals surface area contributed by atoms with Gasteiger partial charge in [0, 0.05) is 10.2 Å². The molecule has 3 aromatic rings. The van der Waals surface area contributed by atoms with Crippen molar-refractivity contribution in [1.29, 1.82) is 0 Å². The van der Waals surface area contributed by atoms with E-state index < -0.39 is 0 Å². The number of anilines is 3. The fourth-order valence-electron chi connectivity index (χ4n) is 2.26. The minimum Gasteiger partial charge on any atom is -0.354 e. The highest BCUT2D eigenvalue weighted by Crippen LogP contribution is 2.20. The first-order valence-electron chi connectivity index (χ1n) is 7.47. The van der Waals surface area contributed by atoms with Gasteiger partial charge in [0.05, 0.1) is 17.4 Å². The number of aromatic nitrogens is 1. The molecule has 3 rings (SSSR count). The monoisotopic (exact) mass is 381 g/mol. The molecule has 24 heavy (non-hydrogen) atoms. The number of hydrogen-bond donors (Lipinski definition) is 2. The highest BCUT2D eigenvalue weighted by atomic mass is 79.9. The molecule has 0 fully saturated rings. The molecule has 2 aromatic carbocycles. The van der Waals surface area contributed by atoms with Crippen molar-refractivity contribution in [2.45, 2.75) is 6.92 Å². The lowest BCUT2D eigenvalue weighted by Gasteiger charge is -2.09. The number of pyridine rings is 1. The summed E-state index contributed by atoms with van der Waals surface area (Å²) in [6, 6.07) is 19.0. The van der Waals surface area contributed by atoms with Gasteiger partial charge in [0.25, 0.3) is 5.91 Å². The Balaban J connectivity index is 1.68. The van der Waals surface area contributed by atoms with Gasteiger partial charge >= 0.3 is 0 Å². The van der Waals surface area contributed by atoms with Crippen LogP contribution in [0.15, 0.2) is 71.3 Å². The van der Waals surface area contributed by atoms with Crippen molar-refractivity contribution in [3.8, 4) is 0 Å². The van der Waals surface area contributed by atoms with Crippen LogP contribution in [0.5, 0.6) is 0 Å². The Morgan fingerprint density at radius 3 is 2.54 bits per heavy atom. The molecule has 4 nitrogen and oxygen atoms in total. The van der Waals surface area contributed by atoms with E-state index in [-0.39, 0.29) is 5.91 Å². The Morgan fingerprint density at radius 2 is 1.83 bits per heavy atom. The molecule has 0 bridgehead atoms. The summed E-state index contributed by atoms with van der Waals surface area (Å²) in [6.07, 6.45) is 1.69. The number of hydrogen-bond acceptors (Lipinski definition) is 3. The van der Waals surface area contributed by atoms with Crippen LogP contribution >= 0.6 is 15.9 Å². The van der Waals surface area contributed by atoms with Gasteiger partial charge < -0.3 is 10.6 Å². The minimum atomic E-state index is -0.200. The largest absolute Gasteiger partial charge is 0.354 e. The summed E-state index contributed by atoms with van der Waals surface area (Å²) in [5.41, 5.74) is 3.62. The zero-order valence-electron chi connectivity index (χ0n) is 13.1. The molecule has 0 atom stereocenters. The van der Waals surface area contributed by atoms with Gasteiger partial charge in [0.15, 0.2) is 0 Å². The molecule has 0 saturated carbocycles. The molecule has 0 spiro atoms. The van der Waals surface area contributed by atoms with Gasteiger partial charge in [0.1, 0.15) is 5.82 Å². The number of rotatable bonds is 4. The molecule has 0 aliphatic carbocycles. The Labute approximate surface area is 149 Å². The summed E-state index contributed by atoms with van der Waals surface area (Å²) >= 11 is 3.37. The van der Waals surface area contributed by atoms with Gasteiger partial charge in [-0.25, -0.2) is 4.98 Å². The van der Waals surface area contributed by atoms with Crippen LogP contribution in [0.3, 0.4) is 0 Å². The molecular weight excluding hydrogens is 366 g/mol. The van der Waals surface area contributed by atoms with Crippen LogP contribution in [0.4, 0.5) is 17.2 Å². The summed E-state index contributed by atoms with van der Waals surface area (Å²) in [5.74, 6) is 0.305. The van der Waals surface area contributed by atoms with Gasteiger partial charge in [0.2, 0.25) is 0 Å². The van der Waals surface area contributed by atoms with E-state index in [9.17, 15) is 4.79 Å². The molecule has 0 aliphatic rings. The molecule has 0 aliphatic heterocycles. The van der Waals surface area contributed by atoms with Crippen molar-refractivity contribution in [2.24, 2.45) is 0 Å². The third kappa shape index (κ3) is 4.00. The van der Waals surface area contributed by atoms with Gasteiger partial charge in [-0.2, -0.15) is 0 Å². The van der Waals surface area contributed by atoms with Gasteiger partial charge in [-0.15, -0.1) is 0 Å². The van der Waals surface area contributed by atoms with E-state index in [1.165, 1.54) is 5.56 Å². The molecule has 2 N–H and O–H groups in total. The second kappa shape index (κ2) is 7.27. The highest BCUT2D eigenvalue weighted by Gasteiger charge is 2.09. The molecule has 5 heteroatoms. The molecule has 1 amide bonds. The lowest BCUT2D eigenvalue weighted by molar-refractivity contribution is 0.102. The summed E-state index contributed by atoms with van der Waals surface area (Å²) < 4.78 is 0.750. The lowest BCUT2D eigenvalue weighted by atomic mass is 10.2. The number of halogens is 1. The summed E-state index contributed by atoms with van der Waals surface area (Å²) in [4.78, 5) is 16.5.